The van der Waals surface area contributed by atoms with Gasteiger partial charge in [0.05, 0.1) is 16.9 Å². The Morgan fingerprint density at radius 2 is 2.00 bits per heavy atom. The fraction of sp³-hybridized carbons (Fsp3) is 0.636. The molecule has 0 radical (unpaired) electrons. The van der Waals surface area contributed by atoms with E-state index in [9.17, 15) is 9.90 Å². The molecule has 1 aliphatic carbocycles. The Bertz CT molecular complexity index is 897. The number of piperazine rings is 1. The number of carbonyl (C=O) groups excluding carboxylic acids is 1. The number of nitrogens with one attached hydrogen (secondary N) is 1. The number of aliphatic imine (C=N–C) groups is 1. The van der Waals surface area contributed by atoms with E-state index in [0.717, 1.165) is 56.4 Å². The number of aliphatic hydroxyl groups excluding tert-OH is 1. The lowest BCUT2D eigenvalue weighted by Crippen LogP contribution is -2.83. The molecular weight excluding hydrogens is 354 g/mol. The molecule has 150 valence electrons. The molecular formula is C22H29N3O3. The second-order valence-corrected chi connectivity index (χ2v) is 9.66. The normalized spacial score (nSPS) is 41.7. The minimum Gasteiger partial charge on any atom is -0.400 e. The second kappa shape index (κ2) is 5.43. The number of amides is 1. The van der Waals surface area contributed by atoms with Gasteiger partial charge in [-0.25, -0.2) is 0 Å². The van der Waals surface area contributed by atoms with Crippen molar-refractivity contribution in [3.8, 4) is 0 Å². The van der Waals surface area contributed by atoms with E-state index in [-0.39, 0.29) is 22.4 Å². The third kappa shape index (κ3) is 1.89. The molecule has 1 aromatic carbocycles. The van der Waals surface area contributed by atoms with E-state index < -0.39 is 5.60 Å². The van der Waals surface area contributed by atoms with Gasteiger partial charge in [-0.2, -0.15) is 0 Å². The van der Waals surface area contributed by atoms with Crippen LogP contribution in [-0.4, -0.2) is 58.0 Å². The van der Waals surface area contributed by atoms with Gasteiger partial charge < -0.3 is 15.5 Å². The summed E-state index contributed by atoms with van der Waals surface area (Å²) in [4.78, 5) is 20.4. The van der Waals surface area contributed by atoms with Crippen molar-refractivity contribution in [3.05, 3.63) is 29.8 Å². The van der Waals surface area contributed by atoms with Crippen molar-refractivity contribution < 1.29 is 15.0 Å². The summed E-state index contributed by atoms with van der Waals surface area (Å²) < 4.78 is 0. The lowest BCUT2D eigenvalue weighted by atomic mass is 9.47. The molecule has 5 heterocycles. The first-order chi connectivity index (χ1) is 13.3. The van der Waals surface area contributed by atoms with Gasteiger partial charge in [0.1, 0.15) is 11.1 Å². The summed E-state index contributed by atoms with van der Waals surface area (Å²) in [6.45, 7) is 6.29. The van der Waals surface area contributed by atoms with Crippen molar-refractivity contribution in [2.75, 3.05) is 20.2 Å². The van der Waals surface area contributed by atoms with Gasteiger partial charge in [0, 0.05) is 31.1 Å². The van der Waals surface area contributed by atoms with Gasteiger partial charge in [0.25, 0.3) is 0 Å². The van der Waals surface area contributed by atoms with Gasteiger partial charge >= 0.3 is 0 Å². The summed E-state index contributed by atoms with van der Waals surface area (Å²) >= 11 is 0. The SMILES string of the molecule is CC1(C)C2=Nc3ccccc3[C@@]2(O)C[C@@]23CN4CCC[C@]4(C[C@H]12)C(=O)N3.CO. The monoisotopic (exact) mass is 383 g/mol. The van der Waals surface area contributed by atoms with Crippen LogP contribution in [0.15, 0.2) is 29.3 Å². The van der Waals surface area contributed by atoms with Crippen LogP contribution in [0.2, 0.25) is 0 Å². The highest BCUT2D eigenvalue weighted by atomic mass is 16.3. The molecule has 4 atom stereocenters. The summed E-state index contributed by atoms with van der Waals surface area (Å²) in [5.41, 5.74) is 0.622. The fourth-order valence-corrected chi connectivity index (χ4v) is 7.11. The lowest BCUT2D eigenvalue weighted by molar-refractivity contribution is -0.169. The molecule has 1 aromatic rings. The van der Waals surface area contributed by atoms with Crippen LogP contribution in [0.5, 0.6) is 0 Å². The number of benzene rings is 1. The molecule has 1 amide bonds. The van der Waals surface area contributed by atoms with Gasteiger partial charge in [-0.15, -0.1) is 0 Å². The molecule has 2 bridgehead atoms. The Kier molecular flexibility index (Phi) is 3.55. The topological polar surface area (TPSA) is 85.2 Å². The van der Waals surface area contributed by atoms with Gasteiger partial charge in [-0.3, -0.25) is 14.7 Å². The number of nitrogens with zero attached hydrogens (tertiary/aromatic N) is 2. The maximum absolute atomic E-state index is 13.1. The van der Waals surface area contributed by atoms with Crippen LogP contribution in [-0.2, 0) is 10.4 Å². The maximum atomic E-state index is 13.1. The lowest BCUT2D eigenvalue weighted by Gasteiger charge is -2.67. The molecule has 3 N–H and O–H groups in total. The maximum Gasteiger partial charge on any atom is 0.241 e. The van der Waals surface area contributed by atoms with E-state index in [0.29, 0.717) is 12.3 Å². The standard InChI is InChI=1S/C21H25N3O2.CH4O/c1-18(2)15-10-20-8-5-9-24(20)12-19(15,23-17(20)25)11-21(26)13-6-3-4-7-14(13)22-16(18)21;1-2/h3-4,6-7,15,26H,5,8-12H2,1-2H3,(H,23,25);2H,1H3/t15-,19-,20+,21+;/m1./s1. The van der Waals surface area contributed by atoms with E-state index >= 15 is 0 Å². The zero-order valence-corrected chi connectivity index (χ0v) is 16.8. The number of hydrogen-bond acceptors (Lipinski definition) is 5. The minimum atomic E-state index is -1.08. The van der Waals surface area contributed by atoms with Crippen LogP contribution in [0, 0.1) is 11.3 Å². The van der Waals surface area contributed by atoms with Crippen LogP contribution >= 0.6 is 0 Å². The van der Waals surface area contributed by atoms with E-state index in [1.54, 1.807) is 0 Å². The smallest absolute Gasteiger partial charge is 0.241 e. The molecule has 2 spiro atoms. The van der Waals surface area contributed by atoms with Gasteiger partial charge in [-0.1, -0.05) is 32.0 Å². The highest BCUT2D eigenvalue weighted by Crippen LogP contribution is 2.63. The Balaban J connectivity index is 0.000000829. The average molecular weight is 383 g/mol. The van der Waals surface area contributed by atoms with Crippen LogP contribution in [0.4, 0.5) is 5.69 Å². The molecule has 1 saturated carbocycles. The number of para-hydroxylation sites is 1. The third-order valence-electron chi connectivity index (χ3n) is 8.12. The summed E-state index contributed by atoms with van der Waals surface area (Å²) in [6.07, 6.45) is 3.46. The number of piperidine rings is 2. The molecule has 0 unspecified atom stereocenters. The van der Waals surface area contributed by atoms with E-state index in [4.69, 9.17) is 10.1 Å². The first kappa shape index (κ1) is 18.3. The van der Waals surface area contributed by atoms with E-state index in [2.05, 4.69) is 24.1 Å². The Morgan fingerprint density at radius 3 is 2.79 bits per heavy atom. The Hall–Kier alpha value is -1.76. The van der Waals surface area contributed by atoms with Crippen LogP contribution in [0.3, 0.4) is 0 Å². The first-order valence-electron chi connectivity index (χ1n) is 10.3. The minimum absolute atomic E-state index is 0.184. The Labute approximate surface area is 165 Å². The van der Waals surface area contributed by atoms with Crippen molar-refractivity contribution in [2.24, 2.45) is 16.3 Å². The van der Waals surface area contributed by atoms with Crippen molar-refractivity contribution in [1.82, 2.24) is 10.2 Å². The fourth-order valence-electron chi connectivity index (χ4n) is 7.11. The number of carbonyl (C=O) groups is 1. The largest absolute Gasteiger partial charge is 0.400 e. The van der Waals surface area contributed by atoms with Gasteiger partial charge in [0.2, 0.25) is 5.91 Å². The number of hydrogen-bond donors (Lipinski definition) is 3. The molecule has 28 heavy (non-hydrogen) atoms. The van der Waals surface area contributed by atoms with Crippen molar-refractivity contribution in [3.63, 3.8) is 0 Å². The molecule has 6 nitrogen and oxygen atoms in total. The molecule has 0 aromatic heterocycles. The molecule has 7 rings (SSSR count). The zero-order chi connectivity index (χ0) is 19.9. The third-order valence-corrected chi connectivity index (χ3v) is 8.12. The van der Waals surface area contributed by atoms with Gasteiger partial charge in [-0.05, 0) is 37.8 Å². The summed E-state index contributed by atoms with van der Waals surface area (Å²) in [5, 5.41) is 22.3. The Morgan fingerprint density at radius 1 is 1.25 bits per heavy atom. The summed E-state index contributed by atoms with van der Waals surface area (Å²) in [7, 11) is 1.00. The predicted octanol–water partition coefficient (Wildman–Crippen LogP) is 1.72. The number of aliphatic hydroxyl groups is 2. The molecule has 6 aliphatic rings. The highest BCUT2D eigenvalue weighted by Gasteiger charge is 2.72. The molecule has 5 fully saturated rings. The average Bonchev–Trinajstić information content (AvgIpc) is 3.22. The van der Waals surface area contributed by atoms with Crippen molar-refractivity contribution in [2.45, 2.75) is 56.2 Å². The first-order valence-corrected chi connectivity index (χ1v) is 10.3. The van der Waals surface area contributed by atoms with Crippen molar-refractivity contribution in [1.29, 1.82) is 0 Å². The summed E-state index contributed by atoms with van der Waals surface area (Å²) in [5.74, 6) is 0.485. The van der Waals surface area contributed by atoms with Crippen LogP contribution in [0.25, 0.3) is 0 Å². The van der Waals surface area contributed by atoms with Crippen LogP contribution in [0.1, 0.15) is 45.1 Å². The number of rotatable bonds is 0. The van der Waals surface area contributed by atoms with E-state index in [1.165, 1.54) is 0 Å². The molecule has 5 aliphatic heterocycles. The van der Waals surface area contributed by atoms with Crippen LogP contribution < -0.4 is 5.32 Å². The molecule has 4 saturated heterocycles. The van der Waals surface area contributed by atoms with Gasteiger partial charge in [0.15, 0.2) is 0 Å². The zero-order valence-electron chi connectivity index (χ0n) is 16.8. The second-order valence-electron chi connectivity index (χ2n) is 9.66. The molecule has 6 heteroatoms. The summed E-state index contributed by atoms with van der Waals surface area (Å²) in [6, 6.07) is 7.93. The predicted molar refractivity (Wildman–Crippen MR) is 106 cm³/mol. The van der Waals surface area contributed by atoms with Crippen molar-refractivity contribution >= 4 is 17.3 Å². The quantitative estimate of drug-likeness (QED) is 0.637. The highest BCUT2D eigenvalue weighted by molar-refractivity contribution is 6.05. The number of fused-ring (bicyclic) bond motifs is 4. The van der Waals surface area contributed by atoms with E-state index in [1.807, 2.05) is 24.3 Å².